The molecule has 0 radical (unpaired) electrons. The Hall–Kier alpha value is -4.40. The first-order chi connectivity index (χ1) is 19.5. The number of rotatable bonds is 9. The summed E-state index contributed by atoms with van der Waals surface area (Å²) in [5.41, 5.74) is 2.49. The van der Waals surface area contributed by atoms with Gasteiger partial charge in [0.25, 0.3) is 0 Å². The monoisotopic (exact) mass is 576 g/mol. The van der Waals surface area contributed by atoms with Crippen LogP contribution in [0.2, 0.25) is 0 Å². The summed E-state index contributed by atoms with van der Waals surface area (Å²) in [5.74, 6) is -2.20. The number of piperidine rings is 1. The number of carboxylic acid groups (broad SMARTS) is 1. The number of amides is 1. The Morgan fingerprint density at radius 2 is 1.66 bits per heavy atom. The quantitative estimate of drug-likeness (QED) is 0.391. The lowest BCUT2D eigenvalue weighted by Crippen LogP contribution is -2.45. The first-order valence-electron chi connectivity index (χ1n) is 13.1. The van der Waals surface area contributed by atoms with Crippen LogP contribution in [0.25, 0.3) is 0 Å². The molecule has 0 aliphatic carbocycles. The summed E-state index contributed by atoms with van der Waals surface area (Å²) in [6.07, 6.45) is 1.50. The highest BCUT2D eigenvalue weighted by Gasteiger charge is 2.29. The molecular weight excluding hydrogens is 544 g/mol. The number of carbonyl (C=O) groups is 2. The maximum atomic E-state index is 13.6. The number of benzene rings is 3. The van der Waals surface area contributed by atoms with Crippen molar-refractivity contribution in [2.24, 2.45) is 5.92 Å². The number of nitriles is 1. The number of carboxylic acids is 1. The minimum Gasteiger partial charge on any atom is -0.507 e. The van der Waals surface area contributed by atoms with Crippen molar-refractivity contribution in [2.75, 3.05) is 43.0 Å². The molecule has 1 aliphatic heterocycles. The van der Waals surface area contributed by atoms with Gasteiger partial charge in [0.15, 0.2) is 0 Å². The lowest BCUT2D eigenvalue weighted by molar-refractivity contribution is -0.118. The minimum absolute atomic E-state index is 0.0728. The predicted octanol–water partition coefficient (Wildman–Crippen LogP) is 3.84. The summed E-state index contributed by atoms with van der Waals surface area (Å²) >= 11 is 0. The lowest BCUT2D eigenvalue weighted by atomic mass is 9.95. The maximum Gasteiger partial charge on any atom is 0.339 e. The molecule has 1 saturated heterocycles. The molecule has 1 amide bonds. The summed E-state index contributed by atoms with van der Waals surface area (Å²) in [7, 11) is -2.60. The van der Waals surface area contributed by atoms with Gasteiger partial charge < -0.3 is 20.0 Å². The standard InChI is InChI=1S/C30H32N4O6S/c1-21-3-10-26(11-4-21)41(39,40)32(2)20-29(36)34(25-9-12-27(30(37)38)28(35)17-25)19-23-13-15-33(16-14-23)24-7-5-22(18-31)6-8-24/h3-12,17,23,35H,13-16,19-20H2,1-2H3,(H,37,38). The Balaban J connectivity index is 1.52. The highest BCUT2D eigenvalue weighted by atomic mass is 32.2. The van der Waals surface area contributed by atoms with Gasteiger partial charge in [-0.25, -0.2) is 13.2 Å². The van der Waals surface area contributed by atoms with Crippen LogP contribution in [-0.4, -0.2) is 68.0 Å². The highest BCUT2D eigenvalue weighted by Crippen LogP contribution is 2.29. The number of carbonyl (C=O) groups excluding carboxylic acids is 1. The van der Waals surface area contributed by atoms with Crippen molar-refractivity contribution in [3.8, 4) is 11.8 Å². The molecule has 4 rings (SSSR count). The number of sulfonamides is 1. The van der Waals surface area contributed by atoms with Crippen molar-refractivity contribution < 1.29 is 28.2 Å². The van der Waals surface area contributed by atoms with Crippen LogP contribution in [0.4, 0.5) is 11.4 Å². The van der Waals surface area contributed by atoms with Crippen molar-refractivity contribution in [2.45, 2.75) is 24.7 Å². The van der Waals surface area contributed by atoms with Crippen molar-refractivity contribution >= 4 is 33.3 Å². The molecule has 0 spiro atoms. The van der Waals surface area contributed by atoms with Gasteiger partial charge in [-0.1, -0.05) is 17.7 Å². The zero-order valence-electron chi connectivity index (χ0n) is 22.9. The average molecular weight is 577 g/mol. The fourth-order valence-electron chi connectivity index (χ4n) is 4.85. The zero-order valence-corrected chi connectivity index (χ0v) is 23.7. The number of hydrogen-bond donors (Lipinski definition) is 2. The number of aryl methyl sites for hydroxylation is 1. The Bertz CT molecular complexity index is 1560. The van der Waals surface area contributed by atoms with Crippen LogP contribution in [0.1, 0.15) is 34.3 Å². The van der Waals surface area contributed by atoms with Gasteiger partial charge in [0.2, 0.25) is 15.9 Å². The minimum atomic E-state index is -3.94. The van der Waals surface area contributed by atoms with E-state index in [0.29, 0.717) is 5.56 Å². The van der Waals surface area contributed by atoms with E-state index in [1.165, 1.54) is 42.3 Å². The van der Waals surface area contributed by atoms with Crippen molar-refractivity contribution in [3.63, 3.8) is 0 Å². The van der Waals surface area contributed by atoms with Crippen LogP contribution in [-0.2, 0) is 14.8 Å². The smallest absolute Gasteiger partial charge is 0.339 e. The molecule has 214 valence electrons. The maximum absolute atomic E-state index is 13.6. The predicted molar refractivity (Wildman–Crippen MR) is 155 cm³/mol. The van der Waals surface area contributed by atoms with Crippen molar-refractivity contribution in [1.82, 2.24) is 4.31 Å². The largest absolute Gasteiger partial charge is 0.507 e. The van der Waals surface area contributed by atoms with Gasteiger partial charge >= 0.3 is 5.97 Å². The molecule has 0 atom stereocenters. The van der Waals surface area contributed by atoms with E-state index in [1.807, 2.05) is 19.1 Å². The van der Waals surface area contributed by atoms with E-state index in [1.54, 1.807) is 24.3 Å². The van der Waals surface area contributed by atoms with Crippen LogP contribution in [0.15, 0.2) is 71.6 Å². The fraction of sp³-hybridized carbons (Fsp3) is 0.300. The third-order valence-electron chi connectivity index (χ3n) is 7.33. The Morgan fingerprint density at radius 3 is 2.22 bits per heavy atom. The molecule has 3 aromatic rings. The van der Waals surface area contributed by atoms with Gasteiger partial charge in [0, 0.05) is 44.1 Å². The molecule has 11 heteroatoms. The summed E-state index contributed by atoms with van der Waals surface area (Å²) in [5, 5.41) is 28.7. The van der Waals surface area contributed by atoms with Crippen LogP contribution in [0, 0.1) is 24.2 Å². The molecule has 1 fully saturated rings. The van der Waals surface area contributed by atoms with Gasteiger partial charge in [-0.15, -0.1) is 0 Å². The van der Waals surface area contributed by atoms with E-state index < -0.39 is 34.2 Å². The van der Waals surface area contributed by atoms with Crippen LogP contribution in [0.5, 0.6) is 5.75 Å². The zero-order chi connectivity index (χ0) is 29.7. The number of likely N-dealkylation sites (N-methyl/N-ethyl adjacent to an activating group) is 1. The molecular formula is C30H32N4O6S. The number of phenols is 1. The van der Waals surface area contributed by atoms with Crippen molar-refractivity contribution in [3.05, 3.63) is 83.4 Å². The lowest BCUT2D eigenvalue weighted by Gasteiger charge is -2.36. The highest BCUT2D eigenvalue weighted by molar-refractivity contribution is 7.89. The number of aromatic hydroxyl groups is 1. The molecule has 0 unspecified atom stereocenters. The van der Waals surface area contributed by atoms with E-state index in [0.717, 1.165) is 41.5 Å². The van der Waals surface area contributed by atoms with E-state index >= 15 is 0 Å². The van der Waals surface area contributed by atoms with E-state index in [4.69, 9.17) is 5.26 Å². The molecule has 0 bridgehead atoms. The molecule has 10 nitrogen and oxygen atoms in total. The van der Waals surface area contributed by atoms with Gasteiger partial charge in [-0.3, -0.25) is 4.79 Å². The fourth-order valence-corrected chi connectivity index (χ4v) is 5.97. The Labute approximate surface area is 239 Å². The van der Waals surface area contributed by atoms with Crippen molar-refractivity contribution in [1.29, 1.82) is 5.26 Å². The topological polar surface area (TPSA) is 142 Å². The summed E-state index contributed by atoms with van der Waals surface area (Å²) in [6.45, 7) is 3.13. The number of nitrogens with zero attached hydrogens (tertiary/aromatic N) is 4. The first-order valence-corrected chi connectivity index (χ1v) is 14.6. The Kier molecular flexibility index (Phi) is 8.95. The molecule has 1 heterocycles. The second-order valence-electron chi connectivity index (χ2n) is 10.2. The normalized spacial score (nSPS) is 14.0. The molecule has 3 aromatic carbocycles. The molecule has 0 saturated carbocycles. The van der Waals surface area contributed by atoms with E-state index in [2.05, 4.69) is 11.0 Å². The second kappa shape index (κ2) is 12.4. The average Bonchev–Trinajstić information content (AvgIpc) is 2.96. The molecule has 41 heavy (non-hydrogen) atoms. The molecule has 2 N–H and O–H groups in total. The Morgan fingerprint density at radius 1 is 1.02 bits per heavy atom. The van der Waals surface area contributed by atoms with Crippen LogP contribution >= 0.6 is 0 Å². The third-order valence-corrected chi connectivity index (χ3v) is 9.15. The third kappa shape index (κ3) is 6.85. The van der Waals surface area contributed by atoms with Gasteiger partial charge in [-0.2, -0.15) is 9.57 Å². The number of aromatic carboxylic acids is 1. The van der Waals surface area contributed by atoms with Crippen LogP contribution < -0.4 is 9.80 Å². The summed E-state index contributed by atoms with van der Waals surface area (Å²) in [4.78, 5) is 28.7. The molecule has 1 aliphatic rings. The molecule has 0 aromatic heterocycles. The van der Waals surface area contributed by atoms with E-state index in [9.17, 15) is 28.2 Å². The van der Waals surface area contributed by atoms with Gasteiger partial charge in [0.1, 0.15) is 11.3 Å². The van der Waals surface area contributed by atoms with Crippen LogP contribution in [0.3, 0.4) is 0 Å². The number of hydrogen-bond acceptors (Lipinski definition) is 7. The second-order valence-corrected chi connectivity index (χ2v) is 12.2. The van der Waals surface area contributed by atoms with E-state index in [-0.39, 0.29) is 28.6 Å². The summed E-state index contributed by atoms with van der Waals surface area (Å²) in [6, 6.07) is 19.7. The SMILES string of the molecule is Cc1ccc(S(=O)(=O)N(C)CC(=O)N(CC2CCN(c3ccc(C#N)cc3)CC2)c2ccc(C(=O)O)c(O)c2)cc1. The summed E-state index contributed by atoms with van der Waals surface area (Å²) < 4.78 is 27.3. The first kappa shape index (κ1) is 29.6. The number of anilines is 2. The van der Waals surface area contributed by atoms with Gasteiger partial charge in [-0.05, 0) is 74.2 Å². The van der Waals surface area contributed by atoms with Gasteiger partial charge in [0.05, 0.1) is 23.1 Å².